The molecular formula is C20H21NO4. The molecule has 2 unspecified atom stereocenters. The van der Waals surface area contributed by atoms with Gasteiger partial charge in [-0.05, 0) is 60.2 Å². The minimum absolute atomic E-state index is 0.153. The van der Waals surface area contributed by atoms with Crippen molar-refractivity contribution in [2.24, 2.45) is 5.92 Å². The molecule has 0 aliphatic heterocycles. The highest BCUT2D eigenvalue weighted by Crippen LogP contribution is 2.47. The fourth-order valence-electron chi connectivity index (χ4n) is 2.71. The SMILES string of the molecule is COC(=O)CNC(=O)c1ccc(Oc2ccc(C3CC3C)cc2)cc1. The highest BCUT2D eigenvalue weighted by atomic mass is 16.5. The Balaban J connectivity index is 1.57. The van der Waals surface area contributed by atoms with Crippen LogP contribution in [-0.4, -0.2) is 25.5 Å². The van der Waals surface area contributed by atoms with Crippen LogP contribution >= 0.6 is 0 Å². The fourth-order valence-corrected chi connectivity index (χ4v) is 2.71. The fraction of sp³-hybridized carbons (Fsp3) is 0.300. The Labute approximate surface area is 147 Å². The van der Waals surface area contributed by atoms with Gasteiger partial charge < -0.3 is 14.8 Å². The maximum atomic E-state index is 11.9. The molecule has 0 bridgehead atoms. The number of esters is 1. The van der Waals surface area contributed by atoms with Crippen LogP contribution in [0.3, 0.4) is 0 Å². The van der Waals surface area contributed by atoms with Crippen LogP contribution in [0.2, 0.25) is 0 Å². The van der Waals surface area contributed by atoms with Crippen LogP contribution in [0, 0.1) is 5.92 Å². The molecular weight excluding hydrogens is 318 g/mol. The first-order valence-corrected chi connectivity index (χ1v) is 8.29. The summed E-state index contributed by atoms with van der Waals surface area (Å²) in [6.45, 7) is 2.11. The van der Waals surface area contributed by atoms with Gasteiger partial charge in [0.1, 0.15) is 18.0 Å². The molecule has 2 atom stereocenters. The number of ether oxygens (including phenoxy) is 2. The van der Waals surface area contributed by atoms with Crippen molar-refractivity contribution >= 4 is 11.9 Å². The summed E-state index contributed by atoms with van der Waals surface area (Å²) in [4.78, 5) is 22.9. The molecule has 130 valence electrons. The molecule has 1 saturated carbocycles. The van der Waals surface area contributed by atoms with Gasteiger partial charge in [0.05, 0.1) is 7.11 Å². The predicted octanol–water partition coefficient (Wildman–Crippen LogP) is 3.51. The molecule has 1 aliphatic carbocycles. The van der Waals surface area contributed by atoms with Gasteiger partial charge in [-0.2, -0.15) is 0 Å². The summed E-state index contributed by atoms with van der Waals surface area (Å²) in [5.41, 5.74) is 1.81. The van der Waals surface area contributed by atoms with Gasteiger partial charge in [0.15, 0.2) is 0 Å². The lowest BCUT2D eigenvalue weighted by atomic mass is 10.1. The molecule has 1 N–H and O–H groups in total. The van der Waals surface area contributed by atoms with Crippen molar-refractivity contribution in [1.29, 1.82) is 0 Å². The van der Waals surface area contributed by atoms with Crippen LogP contribution in [0.1, 0.15) is 35.2 Å². The van der Waals surface area contributed by atoms with Crippen molar-refractivity contribution in [3.8, 4) is 11.5 Å². The number of nitrogens with one attached hydrogen (secondary N) is 1. The molecule has 0 radical (unpaired) electrons. The topological polar surface area (TPSA) is 64.6 Å². The molecule has 1 fully saturated rings. The summed E-state index contributed by atoms with van der Waals surface area (Å²) in [5.74, 6) is 2.07. The number of amides is 1. The van der Waals surface area contributed by atoms with E-state index in [0.717, 1.165) is 11.7 Å². The van der Waals surface area contributed by atoms with E-state index in [1.54, 1.807) is 24.3 Å². The third-order valence-corrected chi connectivity index (χ3v) is 4.39. The number of rotatable bonds is 6. The Hall–Kier alpha value is -2.82. The molecule has 3 rings (SSSR count). The average molecular weight is 339 g/mol. The summed E-state index contributed by atoms with van der Waals surface area (Å²) in [7, 11) is 1.28. The van der Waals surface area contributed by atoms with Crippen LogP contribution in [0.5, 0.6) is 11.5 Å². The van der Waals surface area contributed by atoms with E-state index < -0.39 is 5.97 Å². The van der Waals surface area contributed by atoms with Crippen molar-refractivity contribution in [2.45, 2.75) is 19.3 Å². The molecule has 2 aromatic rings. The highest BCUT2D eigenvalue weighted by molar-refractivity contribution is 5.96. The number of hydrogen-bond acceptors (Lipinski definition) is 4. The van der Waals surface area contributed by atoms with Gasteiger partial charge in [-0.15, -0.1) is 0 Å². The first-order chi connectivity index (χ1) is 12.1. The molecule has 0 spiro atoms. The van der Waals surface area contributed by atoms with Gasteiger partial charge in [0.2, 0.25) is 0 Å². The Kier molecular flexibility index (Phi) is 5.03. The zero-order valence-corrected chi connectivity index (χ0v) is 14.3. The molecule has 1 amide bonds. The summed E-state index contributed by atoms with van der Waals surface area (Å²) < 4.78 is 10.3. The summed E-state index contributed by atoms with van der Waals surface area (Å²) in [5, 5.41) is 2.49. The molecule has 5 nitrogen and oxygen atoms in total. The summed E-state index contributed by atoms with van der Waals surface area (Å²) >= 11 is 0. The quantitative estimate of drug-likeness (QED) is 0.818. The Bertz CT molecular complexity index is 752. The van der Waals surface area contributed by atoms with Crippen LogP contribution in [-0.2, 0) is 9.53 Å². The average Bonchev–Trinajstić information content (AvgIpc) is 3.37. The van der Waals surface area contributed by atoms with Crippen LogP contribution in [0.4, 0.5) is 0 Å². The largest absolute Gasteiger partial charge is 0.468 e. The van der Waals surface area contributed by atoms with Gasteiger partial charge in [-0.25, -0.2) is 0 Å². The highest BCUT2D eigenvalue weighted by Gasteiger charge is 2.33. The number of methoxy groups -OCH3 is 1. The number of benzene rings is 2. The zero-order valence-electron chi connectivity index (χ0n) is 14.3. The maximum absolute atomic E-state index is 11.9. The van der Waals surface area contributed by atoms with Gasteiger partial charge in [-0.1, -0.05) is 19.1 Å². The number of carbonyl (C=O) groups is 2. The van der Waals surface area contributed by atoms with Gasteiger partial charge in [0, 0.05) is 5.56 Å². The molecule has 5 heteroatoms. The Morgan fingerprint density at radius 3 is 2.12 bits per heavy atom. The lowest BCUT2D eigenvalue weighted by Crippen LogP contribution is -2.30. The van der Waals surface area contributed by atoms with E-state index in [0.29, 0.717) is 17.2 Å². The van der Waals surface area contributed by atoms with Crippen molar-refractivity contribution in [3.05, 3.63) is 59.7 Å². The number of hydrogen-bond donors (Lipinski definition) is 1. The van der Waals surface area contributed by atoms with E-state index in [1.807, 2.05) is 12.1 Å². The predicted molar refractivity (Wildman–Crippen MR) is 93.8 cm³/mol. The van der Waals surface area contributed by atoms with Crippen molar-refractivity contribution in [1.82, 2.24) is 5.32 Å². The van der Waals surface area contributed by atoms with E-state index in [9.17, 15) is 9.59 Å². The van der Waals surface area contributed by atoms with Crippen molar-refractivity contribution in [3.63, 3.8) is 0 Å². The third kappa shape index (κ3) is 4.38. The minimum atomic E-state index is -0.489. The molecule has 0 heterocycles. The Morgan fingerprint density at radius 1 is 1.04 bits per heavy atom. The molecule has 0 aromatic heterocycles. The third-order valence-electron chi connectivity index (χ3n) is 4.39. The second-order valence-corrected chi connectivity index (χ2v) is 6.27. The van der Waals surface area contributed by atoms with E-state index in [4.69, 9.17) is 4.74 Å². The molecule has 1 aliphatic rings. The van der Waals surface area contributed by atoms with Crippen molar-refractivity contribution in [2.75, 3.05) is 13.7 Å². The van der Waals surface area contributed by atoms with Crippen molar-refractivity contribution < 1.29 is 19.1 Å². The van der Waals surface area contributed by atoms with E-state index in [-0.39, 0.29) is 12.5 Å². The smallest absolute Gasteiger partial charge is 0.325 e. The van der Waals surface area contributed by atoms with Gasteiger partial charge >= 0.3 is 5.97 Å². The number of carbonyl (C=O) groups excluding carboxylic acids is 2. The van der Waals surface area contributed by atoms with Crippen LogP contribution in [0.15, 0.2) is 48.5 Å². The van der Waals surface area contributed by atoms with E-state index in [1.165, 1.54) is 19.1 Å². The minimum Gasteiger partial charge on any atom is -0.468 e. The van der Waals surface area contributed by atoms with Crippen LogP contribution < -0.4 is 10.1 Å². The first kappa shape index (κ1) is 17.0. The van der Waals surface area contributed by atoms with E-state index in [2.05, 4.69) is 29.1 Å². The van der Waals surface area contributed by atoms with Gasteiger partial charge in [0.25, 0.3) is 5.91 Å². The second-order valence-electron chi connectivity index (χ2n) is 6.27. The zero-order chi connectivity index (χ0) is 17.8. The lowest BCUT2D eigenvalue weighted by Gasteiger charge is -2.08. The normalized spacial score (nSPS) is 18.3. The first-order valence-electron chi connectivity index (χ1n) is 8.29. The van der Waals surface area contributed by atoms with Gasteiger partial charge in [-0.3, -0.25) is 9.59 Å². The lowest BCUT2D eigenvalue weighted by molar-refractivity contribution is -0.139. The van der Waals surface area contributed by atoms with Crippen LogP contribution in [0.25, 0.3) is 0 Å². The molecule has 0 saturated heterocycles. The summed E-state index contributed by atoms with van der Waals surface area (Å²) in [6, 6.07) is 14.9. The van der Waals surface area contributed by atoms with E-state index >= 15 is 0 Å². The maximum Gasteiger partial charge on any atom is 0.325 e. The molecule has 25 heavy (non-hydrogen) atoms. The second kappa shape index (κ2) is 7.38. The Morgan fingerprint density at radius 2 is 1.60 bits per heavy atom. The monoisotopic (exact) mass is 339 g/mol. The molecule has 2 aromatic carbocycles. The summed E-state index contributed by atoms with van der Waals surface area (Å²) in [6.07, 6.45) is 1.26. The standard InChI is InChI=1S/C20H21NO4/c1-13-11-18(13)14-3-7-16(8-4-14)25-17-9-5-15(6-10-17)20(23)21-12-19(22)24-2/h3-10,13,18H,11-12H2,1-2H3,(H,21,23).